The van der Waals surface area contributed by atoms with E-state index in [2.05, 4.69) is 71.3 Å². The summed E-state index contributed by atoms with van der Waals surface area (Å²) in [5, 5.41) is 18.2. The van der Waals surface area contributed by atoms with Gasteiger partial charge in [0.1, 0.15) is 5.65 Å². The molecule has 1 saturated heterocycles. The van der Waals surface area contributed by atoms with E-state index < -0.39 is 0 Å². The first-order valence-corrected chi connectivity index (χ1v) is 13.9. The Morgan fingerprint density at radius 2 is 1.94 bits per heavy atom. The van der Waals surface area contributed by atoms with Gasteiger partial charge in [0.15, 0.2) is 0 Å². The van der Waals surface area contributed by atoms with E-state index in [9.17, 15) is 5.11 Å². The SMILES string of the molecule is CCCC(C)Nc1ncc2c(-c3ccc(CN4CCN[C@@H](C)C4)cc3)cn([C@H]3CC[C@H](O)CC3)c2n1. The average Bonchev–Trinajstić information content (AvgIpc) is 3.24. The number of rotatable bonds is 8. The van der Waals surface area contributed by atoms with Crippen molar-refractivity contribution < 1.29 is 5.11 Å². The number of aliphatic hydroxyl groups is 1. The highest BCUT2D eigenvalue weighted by Gasteiger charge is 2.24. The zero-order chi connectivity index (χ0) is 25.1. The quantitative estimate of drug-likeness (QED) is 0.414. The lowest BCUT2D eigenvalue weighted by molar-refractivity contribution is 0.111. The maximum absolute atomic E-state index is 10.1. The van der Waals surface area contributed by atoms with Crippen LogP contribution in [0.3, 0.4) is 0 Å². The van der Waals surface area contributed by atoms with Crippen molar-refractivity contribution in [2.24, 2.45) is 0 Å². The zero-order valence-corrected chi connectivity index (χ0v) is 22.1. The molecule has 36 heavy (non-hydrogen) atoms. The largest absolute Gasteiger partial charge is 0.393 e. The van der Waals surface area contributed by atoms with Gasteiger partial charge in [-0.05, 0) is 57.1 Å². The van der Waals surface area contributed by atoms with Gasteiger partial charge in [0.05, 0.1) is 6.10 Å². The van der Waals surface area contributed by atoms with Gasteiger partial charge in [-0.2, -0.15) is 4.98 Å². The summed E-state index contributed by atoms with van der Waals surface area (Å²) in [4.78, 5) is 12.2. The van der Waals surface area contributed by atoms with Gasteiger partial charge in [-0.25, -0.2) is 4.98 Å². The second-order valence-electron chi connectivity index (χ2n) is 11.0. The van der Waals surface area contributed by atoms with E-state index >= 15 is 0 Å². The third-order valence-corrected chi connectivity index (χ3v) is 7.85. The van der Waals surface area contributed by atoms with E-state index in [0.29, 0.717) is 24.1 Å². The number of hydrogen-bond donors (Lipinski definition) is 3. The molecule has 2 aromatic heterocycles. The van der Waals surface area contributed by atoms with Gasteiger partial charge in [0, 0.05) is 67.6 Å². The molecule has 5 rings (SSSR count). The molecule has 1 aromatic carbocycles. The number of aliphatic hydroxyl groups excluding tert-OH is 1. The van der Waals surface area contributed by atoms with Gasteiger partial charge < -0.3 is 20.3 Å². The first-order chi connectivity index (χ1) is 17.5. The molecule has 1 saturated carbocycles. The molecule has 3 N–H and O–H groups in total. The Labute approximate surface area is 215 Å². The second kappa shape index (κ2) is 11.3. The fourth-order valence-electron chi connectivity index (χ4n) is 5.87. The summed E-state index contributed by atoms with van der Waals surface area (Å²) >= 11 is 0. The van der Waals surface area contributed by atoms with Crippen molar-refractivity contribution in [3.05, 3.63) is 42.2 Å². The van der Waals surface area contributed by atoms with Gasteiger partial charge in [-0.3, -0.25) is 4.90 Å². The lowest BCUT2D eigenvalue weighted by Crippen LogP contribution is -2.48. The highest BCUT2D eigenvalue weighted by molar-refractivity contribution is 5.94. The fourth-order valence-corrected chi connectivity index (χ4v) is 5.87. The molecule has 2 atom stereocenters. The van der Waals surface area contributed by atoms with Crippen LogP contribution >= 0.6 is 0 Å². The maximum Gasteiger partial charge on any atom is 0.224 e. The van der Waals surface area contributed by atoms with Crippen LogP contribution in [0.1, 0.15) is 70.9 Å². The normalized spacial score (nSPS) is 24.2. The Bertz CT molecular complexity index is 1130. The number of nitrogens with one attached hydrogen (secondary N) is 2. The molecule has 1 aliphatic carbocycles. The Morgan fingerprint density at radius 1 is 1.17 bits per heavy atom. The molecule has 0 amide bonds. The molecule has 194 valence electrons. The van der Waals surface area contributed by atoms with Crippen molar-refractivity contribution in [2.45, 2.75) is 90.1 Å². The lowest BCUT2D eigenvalue weighted by atomic mass is 9.93. The minimum absolute atomic E-state index is 0.171. The van der Waals surface area contributed by atoms with Crippen LogP contribution in [0, 0.1) is 0 Å². The Morgan fingerprint density at radius 3 is 2.67 bits per heavy atom. The van der Waals surface area contributed by atoms with Crippen LogP contribution in [0.5, 0.6) is 0 Å². The van der Waals surface area contributed by atoms with Crippen molar-refractivity contribution in [1.29, 1.82) is 0 Å². The number of anilines is 1. The highest BCUT2D eigenvalue weighted by Crippen LogP contribution is 2.37. The van der Waals surface area contributed by atoms with Gasteiger partial charge in [0.25, 0.3) is 0 Å². The van der Waals surface area contributed by atoms with Crippen molar-refractivity contribution in [3.63, 3.8) is 0 Å². The van der Waals surface area contributed by atoms with E-state index in [-0.39, 0.29) is 6.10 Å². The minimum atomic E-state index is -0.171. The van der Waals surface area contributed by atoms with Crippen LogP contribution in [0.2, 0.25) is 0 Å². The molecule has 0 radical (unpaired) electrons. The summed E-state index contributed by atoms with van der Waals surface area (Å²) in [5.41, 5.74) is 4.74. The summed E-state index contributed by atoms with van der Waals surface area (Å²) in [6.45, 7) is 10.9. The van der Waals surface area contributed by atoms with Crippen molar-refractivity contribution >= 4 is 17.0 Å². The number of nitrogens with zero attached hydrogens (tertiary/aromatic N) is 4. The molecule has 2 fully saturated rings. The second-order valence-corrected chi connectivity index (χ2v) is 11.0. The van der Waals surface area contributed by atoms with Crippen LogP contribution in [0.15, 0.2) is 36.7 Å². The number of aromatic nitrogens is 3. The monoisotopic (exact) mass is 490 g/mol. The summed E-state index contributed by atoms with van der Waals surface area (Å²) in [6.07, 6.45) is 9.97. The fraction of sp³-hybridized carbons (Fsp3) is 0.586. The minimum Gasteiger partial charge on any atom is -0.393 e. The van der Waals surface area contributed by atoms with Gasteiger partial charge in [-0.1, -0.05) is 37.6 Å². The molecule has 3 heterocycles. The number of fused-ring (bicyclic) bond motifs is 1. The van der Waals surface area contributed by atoms with E-state index in [1.165, 1.54) is 16.7 Å². The molecular formula is C29H42N6O. The molecule has 1 unspecified atom stereocenters. The molecular weight excluding hydrogens is 448 g/mol. The summed E-state index contributed by atoms with van der Waals surface area (Å²) in [6, 6.07) is 10.3. The van der Waals surface area contributed by atoms with Crippen molar-refractivity contribution in [1.82, 2.24) is 24.8 Å². The molecule has 0 spiro atoms. The standard InChI is InChI=1S/C29H42N6O/c1-4-5-20(2)32-29-31-16-26-27(19-35(28(26)33-29)24-10-12-25(36)13-11-24)23-8-6-22(7-9-23)18-34-15-14-30-21(3)17-34/h6-9,16,19-21,24-25,30,36H,4-5,10-15,17-18H2,1-3H3,(H,31,32,33)/t20?,21-,24-,25-/m0/s1. The Kier molecular flexibility index (Phi) is 7.89. The van der Waals surface area contributed by atoms with Gasteiger partial charge in [0.2, 0.25) is 5.95 Å². The Hall–Kier alpha value is -2.48. The highest BCUT2D eigenvalue weighted by atomic mass is 16.3. The van der Waals surface area contributed by atoms with Gasteiger partial charge >= 0.3 is 0 Å². The molecule has 7 heteroatoms. The first-order valence-electron chi connectivity index (χ1n) is 13.9. The predicted octanol–water partition coefficient (Wildman–Crippen LogP) is 4.97. The van der Waals surface area contributed by atoms with Crippen LogP contribution in [0.25, 0.3) is 22.2 Å². The molecule has 7 nitrogen and oxygen atoms in total. The van der Waals surface area contributed by atoms with Gasteiger partial charge in [-0.15, -0.1) is 0 Å². The smallest absolute Gasteiger partial charge is 0.224 e. The predicted molar refractivity (Wildman–Crippen MR) is 147 cm³/mol. The van der Waals surface area contributed by atoms with Crippen molar-refractivity contribution in [3.8, 4) is 11.1 Å². The topological polar surface area (TPSA) is 78.2 Å². The first kappa shape index (κ1) is 25.2. The Balaban J connectivity index is 1.43. The molecule has 1 aliphatic heterocycles. The van der Waals surface area contributed by atoms with Crippen LogP contribution in [-0.2, 0) is 6.54 Å². The number of hydrogen-bond acceptors (Lipinski definition) is 6. The van der Waals surface area contributed by atoms with E-state index in [1.54, 1.807) is 0 Å². The molecule has 3 aromatic rings. The lowest BCUT2D eigenvalue weighted by Gasteiger charge is -2.31. The van der Waals surface area contributed by atoms with E-state index in [1.807, 2.05) is 6.20 Å². The number of benzene rings is 1. The molecule has 2 aliphatic rings. The van der Waals surface area contributed by atoms with Crippen LogP contribution in [0.4, 0.5) is 5.95 Å². The summed E-state index contributed by atoms with van der Waals surface area (Å²) in [5.74, 6) is 0.700. The third-order valence-electron chi connectivity index (χ3n) is 7.85. The van der Waals surface area contributed by atoms with Crippen molar-refractivity contribution in [2.75, 3.05) is 25.0 Å². The van der Waals surface area contributed by atoms with Crippen LogP contribution in [-0.4, -0.2) is 62.4 Å². The van der Waals surface area contributed by atoms with E-state index in [0.717, 1.165) is 75.7 Å². The average molecular weight is 491 g/mol. The maximum atomic E-state index is 10.1. The van der Waals surface area contributed by atoms with E-state index in [4.69, 9.17) is 9.97 Å². The molecule has 0 bridgehead atoms. The zero-order valence-electron chi connectivity index (χ0n) is 22.1. The number of piperazine rings is 1. The third kappa shape index (κ3) is 5.74. The summed E-state index contributed by atoms with van der Waals surface area (Å²) in [7, 11) is 0. The van der Waals surface area contributed by atoms with Crippen LogP contribution < -0.4 is 10.6 Å². The summed E-state index contributed by atoms with van der Waals surface area (Å²) < 4.78 is 2.35.